The quantitative estimate of drug-likeness (QED) is 0.833. The highest BCUT2D eigenvalue weighted by Gasteiger charge is 2.12. The number of hydrogen-bond acceptors (Lipinski definition) is 2. The third-order valence-electron chi connectivity index (χ3n) is 2.99. The van der Waals surface area contributed by atoms with Crippen molar-refractivity contribution in [2.75, 3.05) is 5.32 Å². The summed E-state index contributed by atoms with van der Waals surface area (Å²) >= 11 is 5.09. The van der Waals surface area contributed by atoms with Crippen LogP contribution >= 0.6 is 12.2 Å². The van der Waals surface area contributed by atoms with Crippen LogP contribution in [0.4, 0.5) is 10.1 Å². The Hall–Kier alpha value is -2.27. The summed E-state index contributed by atoms with van der Waals surface area (Å²) in [7, 11) is 0. The van der Waals surface area contributed by atoms with Gasteiger partial charge in [0.25, 0.3) is 5.91 Å². The van der Waals surface area contributed by atoms with Gasteiger partial charge in [-0.1, -0.05) is 24.3 Å². The Morgan fingerprint density at radius 3 is 2.57 bits per heavy atom. The standard InChI is InChI=1S/C16H15FN2OS/c1-10-7-8-11(2)14(9-10)18-16(21)19-15(20)12-5-3-4-6-13(12)17/h3-9H,1-2H3,(H2,18,19,20,21). The lowest BCUT2D eigenvalue weighted by molar-refractivity contribution is 0.0974. The highest BCUT2D eigenvalue weighted by atomic mass is 32.1. The van der Waals surface area contributed by atoms with E-state index in [1.165, 1.54) is 18.2 Å². The largest absolute Gasteiger partial charge is 0.332 e. The van der Waals surface area contributed by atoms with Crippen LogP contribution in [0.15, 0.2) is 42.5 Å². The molecule has 2 aromatic carbocycles. The van der Waals surface area contributed by atoms with Gasteiger partial charge in [-0.05, 0) is 55.4 Å². The van der Waals surface area contributed by atoms with Crippen LogP contribution in [-0.2, 0) is 0 Å². The van der Waals surface area contributed by atoms with E-state index in [0.717, 1.165) is 16.8 Å². The summed E-state index contributed by atoms with van der Waals surface area (Å²) in [6, 6.07) is 11.6. The molecule has 5 heteroatoms. The number of rotatable bonds is 2. The topological polar surface area (TPSA) is 41.1 Å². The normalized spacial score (nSPS) is 10.0. The second-order valence-corrected chi connectivity index (χ2v) is 5.11. The molecule has 0 unspecified atom stereocenters. The van der Waals surface area contributed by atoms with E-state index in [1.54, 1.807) is 6.07 Å². The molecule has 108 valence electrons. The van der Waals surface area contributed by atoms with Crippen LogP contribution in [0.3, 0.4) is 0 Å². The second-order valence-electron chi connectivity index (χ2n) is 4.71. The van der Waals surface area contributed by atoms with Crippen LogP contribution < -0.4 is 10.6 Å². The summed E-state index contributed by atoms with van der Waals surface area (Å²) in [5.41, 5.74) is 2.85. The number of halogens is 1. The predicted molar refractivity (Wildman–Crippen MR) is 86.0 cm³/mol. The van der Waals surface area contributed by atoms with E-state index < -0.39 is 11.7 Å². The van der Waals surface area contributed by atoms with Crippen molar-refractivity contribution >= 4 is 28.9 Å². The van der Waals surface area contributed by atoms with Crippen LogP contribution in [-0.4, -0.2) is 11.0 Å². The Labute approximate surface area is 128 Å². The van der Waals surface area contributed by atoms with Gasteiger partial charge in [-0.2, -0.15) is 0 Å². The van der Waals surface area contributed by atoms with Crippen molar-refractivity contribution in [3.05, 3.63) is 65.0 Å². The molecule has 2 aromatic rings. The maximum absolute atomic E-state index is 13.5. The van der Waals surface area contributed by atoms with Crippen LogP contribution in [0.2, 0.25) is 0 Å². The van der Waals surface area contributed by atoms with Crippen LogP contribution in [0.5, 0.6) is 0 Å². The summed E-state index contributed by atoms with van der Waals surface area (Å²) in [5, 5.41) is 5.56. The Morgan fingerprint density at radius 2 is 1.86 bits per heavy atom. The first-order valence-electron chi connectivity index (χ1n) is 6.41. The lowest BCUT2D eigenvalue weighted by atomic mass is 10.1. The van der Waals surface area contributed by atoms with E-state index in [0.29, 0.717) is 0 Å². The first kappa shape index (κ1) is 15.1. The van der Waals surface area contributed by atoms with Gasteiger partial charge in [0.05, 0.1) is 5.56 Å². The number of aryl methyl sites for hydroxylation is 2. The fraction of sp³-hybridized carbons (Fsp3) is 0.125. The summed E-state index contributed by atoms with van der Waals surface area (Å²) in [6.45, 7) is 3.90. The van der Waals surface area contributed by atoms with Gasteiger partial charge in [0.1, 0.15) is 5.82 Å². The molecule has 0 aliphatic heterocycles. The van der Waals surface area contributed by atoms with E-state index in [1.807, 2.05) is 32.0 Å². The number of nitrogens with one attached hydrogen (secondary N) is 2. The zero-order chi connectivity index (χ0) is 15.4. The fourth-order valence-electron chi connectivity index (χ4n) is 1.84. The minimum absolute atomic E-state index is 0.0392. The lowest BCUT2D eigenvalue weighted by Crippen LogP contribution is -2.34. The minimum atomic E-state index is -0.579. The van der Waals surface area contributed by atoms with E-state index in [9.17, 15) is 9.18 Å². The van der Waals surface area contributed by atoms with Crippen LogP contribution in [0, 0.1) is 19.7 Å². The molecule has 2 rings (SSSR count). The molecule has 0 spiro atoms. The zero-order valence-electron chi connectivity index (χ0n) is 11.7. The van der Waals surface area contributed by atoms with E-state index in [2.05, 4.69) is 10.6 Å². The molecular weight excluding hydrogens is 287 g/mol. The number of anilines is 1. The maximum Gasteiger partial charge on any atom is 0.260 e. The Balaban J connectivity index is 2.07. The van der Waals surface area contributed by atoms with Crippen molar-refractivity contribution in [3.8, 4) is 0 Å². The number of hydrogen-bond donors (Lipinski definition) is 2. The fourth-order valence-corrected chi connectivity index (χ4v) is 2.04. The van der Waals surface area contributed by atoms with Crippen LogP contribution in [0.1, 0.15) is 21.5 Å². The smallest absolute Gasteiger partial charge is 0.260 e. The third kappa shape index (κ3) is 3.86. The Kier molecular flexibility index (Phi) is 4.65. The number of thiocarbonyl (C=S) groups is 1. The number of carbonyl (C=O) groups is 1. The first-order valence-corrected chi connectivity index (χ1v) is 6.82. The van der Waals surface area contributed by atoms with Crippen molar-refractivity contribution in [1.82, 2.24) is 5.32 Å². The molecule has 1 amide bonds. The van der Waals surface area contributed by atoms with E-state index >= 15 is 0 Å². The first-order chi connectivity index (χ1) is 9.97. The molecule has 0 bridgehead atoms. The van der Waals surface area contributed by atoms with Gasteiger partial charge in [0, 0.05) is 5.69 Å². The van der Waals surface area contributed by atoms with Crippen molar-refractivity contribution in [2.45, 2.75) is 13.8 Å². The number of carbonyl (C=O) groups excluding carboxylic acids is 1. The van der Waals surface area contributed by atoms with Gasteiger partial charge >= 0.3 is 0 Å². The van der Waals surface area contributed by atoms with E-state index in [-0.39, 0.29) is 10.7 Å². The molecule has 0 saturated carbocycles. The van der Waals surface area contributed by atoms with Crippen LogP contribution in [0.25, 0.3) is 0 Å². The molecule has 2 N–H and O–H groups in total. The second kappa shape index (κ2) is 6.45. The average molecular weight is 302 g/mol. The summed E-state index contributed by atoms with van der Waals surface area (Å²) in [6.07, 6.45) is 0. The molecule has 0 heterocycles. The summed E-state index contributed by atoms with van der Waals surface area (Å²) in [4.78, 5) is 11.9. The predicted octanol–water partition coefficient (Wildman–Crippen LogP) is 3.57. The molecule has 0 fully saturated rings. The lowest BCUT2D eigenvalue weighted by Gasteiger charge is -2.12. The third-order valence-corrected chi connectivity index (χ3v) is 3.19. The minimum Gasteiger partial charge on any atom is -0.332 e. The number of amides is 1. The molecule has 0 atom stereocenters. The van der Waals surface area contributed by atoms with Crippen molar-refractivity contribution in [1.29, 1.82) is 0 Å². The highest BCUT2D eigenvalue weighted by Crippen LogP contribution is 2.16. The molecule has 21 heavy (non-hydrogen) atoms. The zero-order valence-corrected chi connectivity index (χ0v) is 12.6. The Morgan fingerprint density at radius 1 is 1.14 bits per heavy atom. The monoisotopic (exact) mass is 302 g/mol. The van der Waals surface area contributed by atoms with Crippen molar-refractivity contribution < 1.29 is 9.18 Å². The molecule has 0 aliphatic carbocycles. The van der Waals surface area contributed by atoms with Crippen molar-refractivity contribution in [3.63, 3.8) is 0 Å². The van der Waals surface area contributed by atoms with E-state index in [4.69, 9.17) is 12.2 Å². The van der Waals surface area contributed by atoms with Crippen molar-refractivity contribution in [2.24, 2.45) is 0 Å². The Bertz CT molecular complexity index is 700. The molecule has 0 radical (unpaired) electrons. The number of benzene rings is 2. The molecule has 0 saturated heterocycles. The maximum atomic E-state index is 13.5. The van der Waals surface area contributed by atoms with Gasteiger partial charge in [0.2, 0.25) is 0 Å². The van der Waals surface area contributed by atoms with Gasteiger partial charge in [0.15, 0.2) is 5.11 Å². The summed E-state index contributed by atoms with van der Waals surface area (Å²) in [5.74, 6) is -1.15. The van der Waals surface area contributed by atoms with Gasteiger partial charge in [-0.15, -0.1) is 0 Å². The molecule has 0 aromatic heterocycles. The highest BCUT2D eigenvalue weighted by molar-refractivity contribution is 7.80. The molecule has 0 aliphatic rings. The van der Waals surface area contributed by atoms with Gasteiger partial charge in [-0.3, -0.25) is 10.1 Å². The SMILES string of the molecule is Cc1ccc(C)c(NC(=S)NC(=O)c2ccccc2F)c1. The summed E-state index contributed by atoms with van der Waals surface area (Å²) < 4.78 is 13.5. The van der Waals surface area contributed by atoms with Gasteiger partial charge < -0.3 is 5.32 Å². The molecule has 3 nitrogen and oxygen atoms in total. The van der Waals surface area contributed by atoms with Gasteiger partial charge in [-0.25, -0.2) is 4.39 Å². The average Bonchev–Trinajstić information content (AvgIpc) is 2.43. The molecular formula is C16H15FN2OS.